The Morgan fingerprint density at radius 1 is 1.20 bits per heavy atom. The molecule has 4 nitrogen and oxygen atoms in total. The maximum absolute atomic E-state index is 12.9. The summed E-state index contributed by atoms with van der Waals surface area (Å²) in [6.45, 7) is 4.08. The van der Waals surface area contributed by atoms with Gasteiger partial charge in [-0.25, -0.2) is 4.98 Å². The third-order valence-corrected chi connectivity index (χ3v) is 4.64. The maximum atomic E-state index is 12.9. The van der Waals surface area contributed by atoms with Crippen molar-refractivity contribution in [1.29, 1.82) is 0 Å². The zero-order valence-corrected chi connectivity index (χ0v) is 15.3. The monoisotopic (exact) mass is 338 g/mol. The number of amides is 1. The van der Waals surface area contributed by atoms with E-state index in [2.05, 4.69) is 22.4 Å². The largest absolute Gasteiger partial charge is 0.480 e. The summed E-state index contributed by atoms with van der Waals surface area (Å²) < 4.78 is 5.39. The minimum atomic E-state index is -0.362. The molecule has 132 valence electrons. The number of ether oxygens (including phenoxy) is 1. The van der Waals surface area contributed by atoms with Gasteiger partial charge in [0.2, 0.25) is 5.88 Å². The zero-order chi connectivity index (χ0) is 17.9. The van der Waals surface area contributed by atoms with Crippen molar-refractivity contribution in [2.75, 3.05) is 7.11 Å². The molecular weight excluding hydrogens is 312 g/mol. The molecule has 2 aromatic rings. The highest BCUT2D eigenvalue weighted by molar-refractivity contribution is 5.97. The Bertz CT molecular complexity index is 754. The van der Waals surface area contributed by atoms with Crippen molar-refractivity contribution in [2.45, 2.75) is 51.5 Å². The summed E-state index contributed by atoms with van der Waals surface area (Å²) in [5, 5.41) is 3.14. The molecule has 1 aromatic heterocycles. The predicted molar refractivity (Wildman–Crippen MR) is 99.1 cm³/mol. The summed E-state index contributed by atoms with van der Waals surface area (Å²) in [4.78, 5) is 17.5. The van der Waals surface area contributed by atoms with E-state index in [0.717, 1.165) is 37.8 Å². The molecule has 0 atom stereocenters. The number of pyridine rings is 1. The molecule has 1 N–H and O–H groups in total. The van der Waals surface area contributed by atoms with Crippen LogP contribution in [0, 0.1) is 0 Å². The van der Waals surface area contributed by atoms with E-state index >= 15 is 0 Å². The normalized spacial score (nSPS) is 13.9. The Morgan fingerprint density at radius 2 is 1.92 bits per heavy atom. The molecule has 0 radical (unpaired) electrons. The summed E-state index contributed by atoms with van der Waals surface area (Å²) in [6, 6.07) is 12.2. The first-order valence-corrected chi connectivity index (χ1v) is 8.92. The van der Waals surface area contributed by atoms with E-state index in [-0.39, 0.29) is 11.4 Å². The molecule has 0 saturated heterocycles. The van der Waals surface area contributed by atoms with E-state index in [1.165, 1.54) is 11.1 Å². The summed E-state index contributed by atoms with van der Waals surface area (Å²) in [5.74, 6) is 0.298. The van der Waals surface area contributed by atoms with Gasteiger partial charge in [-0.2, -0.15) is 0 Å². The zero-order valence-electron chi connectivity index (χ0n) is 15.3. The number of aromatic nitrogens is 1. The van der Waals surface area contributed by atoms with Crippen molar-refractivity contribution >= 4 is 5.91 Å². The molecule has 1 aromatic carbocycles. The number of carbonyl (C=O) groups excluding carboxylic acids is 1. The number of hydrogen-bond acceptors (Lipinski definition) is 3. The van der Waals surface area contributed by atoms with Crippen LogP contribution in [0.15, 0.2) is 36.4 Å². The van der Waals surface area contributed by atoms with Crippen LogP contribution < -0.4 is 10.1 Å². The molecule has 4 heteroatoms. The van der Waals surface area contributed by atoms with E-state index in [0.29, 0.717) is 11.4 Å². The molecule has 0 saturated carbocycles. The molecular formula is C21H26N2O2. The highest BCUT2D eigenvalue weighted by Crippen LogP contribution is 2.26. The average molecular weight is 338 g/mol. The third kappa shape index (κ3) is 4.19. The first-order chi connectivity index (χ1) is 12.0. The second-order valence-corrected chi connectivity index (χ2v) is 7.36. The summed E-state index contributed by atoms with van der Waals surface area (Å²) in [7, 11) is 1.57. The number of aryl methyl sites for hydroxylation is 2. The fourth-order valence-corrected chi connectivity index (χ4v) is 3.46. The van der Waals surface area contributed by atoms with Crippen molar-refractivity contribution in [3.05, 3.63) is 58.8 Å². The van der Waals surface area contributed by atoms with E-state index in [9.17, 15) is 4.79 Å². The van der Waals surface area contributed by atoms with Crippen molar-refractivity contribution < 1.29 is 9.53 Å². The van der Waals surface area contributed by atoms with Crippen LogP contribution in [0.25, 0.3) is 0 Å². The number of fused-ring (bicyclic) bond motifs is 1. The van der Waals surface area contributed by atoms with E-state index in [4.69, 9.17) is 4.74 Å². The number of nitrogens with zero attached hydrogens (tertiary/aromatic N) is 1. The molecule has 1 aliphatic carbocycles. The maximum Gasteiger partial charge on any atom is 0.257 e. The van der Waals surface area contributed by atoms with Gasteiger partial charge in [0, 0.05) is 11.2 Å². The lowest BCUT2D eigenvalue weighted by molar-refractivity contribution is 0.0909. The third-order valence-electron chi connectivity index (χ3n) is 4.64. The van der Waals surface area contributed by atoms with Gasteiger partial charge in [-0.05, 0) is 63.1 Å². The quantitative estimate of drug-likeness (QED) is 0.904. The van der Waals surface area contributed by atoms with Gasteiger partial charge in [-0.3, -0.25) is 4.79 Å². The Balaban J connectivity index is 1.80. The molecule has 1 aliphatic rings. The lowest BCUT2D eigenvalue weighted by atomic mass is 9.93. The van der Waals surface area contributed by atoms with Crippen LogP contribution in [0.3, 0.4) is 0 Å². The van der Waals surface area contributed by atoms with Crippen molar-refractivity contribution in [1.82, 2.24) is 10.3 Å². The molecule has 0 spiro atoms. The minimum absolute atomic E-state index is 0.126. The molecule has 0 fully saturated rings. The Labute approximate surface area is 149 Å². The fourth-order valence-electron chi connectivity index (χ4n) is 3.46. The molecule has 3 rings (SSSR count). The molecule has 1 amide bonds. The Kier molecular flexibility index (Phi) is 5.07. The highest BCUT2D eigenvalue weighted by Gasteiger charge is 2.25. The number of benzene rings is 1. The number of nitrogens with one attached hydrogen (secondary N) is 1. The molecule has 0 aliphatic heterocycles. The second kappa shape index (κ2) is 7.26. The number of methoxy groups -OCH3 is 1. The van der Waals surface area contributed by atoms with Crippen molar-refractivity contribution in [3.63, 3.8) is 0 Å². The summed E-state index contributed by atoms with van der Waals surface area (Å²) >= 11 is 0. The Hall–Kier alpha value is -2.36. The fraction of sp³-hybridized carbons (Fsp3) is 0.429. The highest BCUT2D eigenvalue weighted by atomic mass is 16.5. The van der Waals surface area contributed by atoms with E-state index < -0.39 is 0 Å². The van der Waals surface area contributed by atoms with Gasteiger partial charge >= 0.3 is 0 Å². The van der Waals surface area contributed by atoms with Gasteiger partial charge in [0.1, 0.15) is 5.56 Å². The number of carbonyl (C=O) groups is 1. The topological polar surface area (TPSA) is 51.2 Å². The minimum Gasteiger partial charge on any atom is -0.480 e. The summed E-state index contributed by atoms with van der Waals surface area (Å²) in [5.41, 5.74) is 3.62. The van der Waals surface area contributed by atoms with Gasteiger partial charge in [-0.15, -0.1) is 0 Å². The SMILES string of the molecule is COc1nc2c(cc1C(=O)NC(C)(C)Cc1ccccc1)CCCC2. The lowest BCUT2D eigenvalue weighted by Crippen LogP contribution is -2.45. The van der Waals surface area contributed by atoms with Crippen LogP contribution >= 0.6 is 0 Å². The smallest absolute Gasteiger partial charge is 0.257 e. The van der Waals surface area contributed by atoms with Crippen LogP contribution in [0.1, 0.15) is 53.9 Å². The predicted octanol–water partition coefficient (Wildman–Crippen LogP) is 3.72. The first kappa shape index (κ1) is 17.5. The van der Waals surface area contributed by atoms with Crippen LogP contribution in [0.5, 0.6) is 5.88 Å². The Morgan fingerprint density at radius 3 is 2.64 bits per heavy atom. The number of rotatable bonds is 5. The molecule has 1 heterocycles. The lowest BCUT2D eigenvalue weighted by Gasteiger charge is -2.27. The van der Waals surface area contributed by atoms with Crippen molar-refractivity contribution in [2.24, 2.45) is 0 Å². The van der Waals surface area contributed by atoms with Crippen molar-refractivity contribution in [3.8, 4) is 5.88 Å². The molecule has 0 unspecified atom stereocenters. The standard InChI is InChI=1S/C21H26N2O2/c1-21(2,14-15-9-5-4-6-10-15)23-19(24)17-13-16-11-7-8-12-18(16)22-20(17)25-3/h4-6,9-10,13H,7-8,11-12,14H2,1-3H3,(H,23,24). The second-order valence-electron chi connectivity index (χ2n) is 7.36. The molecule has 0 bridgehead atoms. The first-order valence-electron chi connectivity index (χ1n) is 8.92. The van der Waals surface area contributed by atoms with Gasteiger partial charge in [-0.1, -0.05) is 30.3 Å². The van der Waals surface area contributed by atoms with Gasteiger partial charge in [0.15, 0.2) is 0 Å². The van der Waals surface area contributed by atoms with E-state index in [1.807, 2.05) is 38.1 Å². The van der Waals surface area contributed by atoms with Crippen LogP contribution in [0.4, 0.5) is 0 Å². The van der Waals surface area contributed by atoms with Gasteiger partial charge < -0.3 is 10.1 Å². The van der Waals surface area contributed by atoms with Crippen LogP contribution in [-0.2, 0) is 19.3 Å². The van der Waals surface area contributed by atoms with Gasteiger partial charge in [0.05, 0.1) is 7.11 Å². The average Bonchev–Trinajstić information content (AvgIpc) is 2.60. The van der Waals surface area contributed by atoms with Crippen LogP contribution in [0.2, 0.25) is 0 Å². The molecule has 25 heavy (non-hydrogen) atoms. The number of hydrogen-bond donors (Lipinski definition) is 1. The van der Waals surface area contributed by atoms with Gasteiger partial charge in [0.25, 0.3) is 5.91 Å². The summed E-state index contributed by atoms with van der Waals surface area (Å²) in [6.07, 6.45) is 5.02. The van der Waals surface area contributed by atoms with E-state index in [1.54, 1.807) is 7.11 Å². The van der Waals surface area contributed by atoms with Crippen LogP contribution in [-0.4, -0.2) is 23.5 Å².